The van der Waals surface area contributed by atoms with Crippen molar-refractivity contribution in [3.05, 3.63) is 82.3 Å². The van der Waals surface area contributed by atoms with E-state index in [0.29, 0.717) is 12.1 Å². The zero-order valence-electron chi connectivity index (χ0n) is 21.6. The number of benzene rings is 2. The van der Waals surface area contributed by atoms with Crippen molar-refractivity contribution in [2.45, 2.75) is 30.9 Å². The molecule has 0 aliphatic carbocycles. The molecule has 1 aliphatic rings. The molecule has 3 N–H and O–H groups in total. The summed E-state index contributed by atoms with van der Waals surface area (Å²) in [4.78, 5) is 21.9. The molecule has 3 heterocycles. The second-order valence-corrected chi connectivity index (χ2v) is 11.4. The van der Waals surface area contributed by atoms with Crippen molar-refractivity contribution in [3.8, 4) is 11.1 Å². The molecule has 9 nitrogen and oxygen atoms in total. The Bertz CT molecular complexity index is 1740. The highest BCUT2D eigenvalue weighted by Crippen LogP contribution is 2.29. The molecule has 0 unspecified atom stereocenters. The minimum absolute atomic E-state index is 0.0561. The van der Waals surface area contributed by atoms with Crippen molar-refractivity contribution in [2.24, 2.45) is 0 Å². The number of rotatable bonds is 9. The van der Waals surface area contributed by atoms with Crippen LogP contribution in [0.25, 0.3) is 22.2 Å². The molecule has 41 heavy (non-hydrogen) atoms. The van der Waals surface area contributed by atoms with Gasteiger partial charge in [-0.3, -0.25) is 14.1 Å². The summed E-state index contributed by atoms with van der Waals surface area (Å²) < 4.78 is 85.7. The van der Waals surface area contributed by atoms with Crippen LogP contribution in [0.1, 0.15) is 12.0 Å². The van der Waals surface area contributed by atoms with Crippen LogP contribution in [-0.4, -0.2) is 54.9 Å². The molecule has 216 valence electrons. The molecule has 5 rings (SSSR count). The lowest BCUT2D eigenvalue weighted by atomic mass is 10.0. The maximum atomic E-state index is 15.3. The van der Waals surface area contributed by atoms with E-state index < -0.39 is 63.6 Å². The van der Waals surface area contributed by atoms with Crippen LogP contribution in [0.2, 0.25) is 0 Å². The van der Waals surface area contributed by atoms with Gasteiger partial charge in [0.1, 0.15) is 18.5 Å². The van der Waals surface area contributed by atoms with Gasteiger partial charge in [-0.1, -0.05) is 30.3 Å². The normalized spacial score (nSPS) is 17.5. The first-order chi connectivity index (χ1) is 19.6. The van der Waals surface area contributed by atoms with E-state index in [1.54, 1.807) is 30.3 Å². The Morgan fingerprint density at radius 3 is 2.56 bits per heavy atom. The maximum Gasteiger partial charge on any atom is 0.260 e. The van der Waals surface area contributed by atoms with Crippen molar-refractivity contribution in [1.82, 2.24) is 19.9 Å². The molecule has 1 fully saturated rings. The number of nitrogens with one attached hydrogen (secondary N) is 3. The Morgan fingerprint density at radius 2 is 1.83 bits per heavy atom. The summed E-state index contributed by atoms with van der Waals surface area (Å²) in [6.07, 6.45) is 0.523. The third-order valence-corrected chi connectivity index (χ3v) is 7.85. The van der Waals surface area contributed by atoms with Gasteiger partial charge in [0.25, 0.3) is 5.56 Å². The number of aryl methyl sites for hydroxylation is 1. The molecule has 1 aliphatic heterocycles. The number of piperidine rings is 1. The summed E-state index contributed by atoms with van der Waals surface area (Å²) in [5.41, 5.74) is -1.69. The van der Waals surface area contributed by atoms with Gasteiger partial charge in [-0.25, -0.2) is 31.0 Å². The highest BCUT2D eigenvalue weighted by Gasteiger charge is 2.24. The number of sulfonamides is 1. The first-order valence-electron chi connectivity index (χ1n) is 12.8. The smallest absolute Gasteiger partial charge is 0.260 e. The Balaban J connectivity index is 1.48. The van der Waals surface area contributed by atoms with Crippen LogP contribution in [0.3, 0.4) is 0 Å². The van der Waals surface area contributed by atoms with Gasteiger partial charge in [0.05, 0.1) is 23.5 Å². The Kier molecular flexibility index (Phi) is 8.22. The number of anilines is 2. The SMILES string of the molecule is O=c1c(-c2ccc(NS(=O)(=O)Cc3ccccc3)c(F)c2F)cc2cnc(N[C@@H]3CNC[C@@H](F)C3)nc2n1CCF. The number of alkyl halides is 2. The largest absolute Gasteiger partial charge is 0.350 e. The molecule has 0 saturated carbocycles. The first kappa shape index (κ1) is 28.5. The van der Waals surface area contributed by atoms with Crippen molar-refractivity contribution >= 4 is 32.7 Å². The molecule has 2 aromatic carbocycles. The van der Waals surface area contributed by atoms with Gasteiger partial charge in [-0.2, -0.15) is 4.98 Å². The van der Waals surface area contributed by atoms with Gasteiger partial charge < -0.3 is 10.6 Å². The summed E-state index contributed by atoms with van der Waals surface area (Å²) in [5, 5.41) is 6.19. The fraction of sp³-hybridized carbons (Fsp3) is 0.296. The van der Waals surface area contributed by atoms with Gasteiger partial charge >= 0.3 is 0 Å². The molecule has 14 heteroatoms. The summed E-state index contributed by atoms with van der Waals surface area (Å²) in [7, 11) is -4.08. The van der Waals surface area contributed by atoms with Crippen LogP contribution in [0.5, 0.6) is 0 Å². The predicted octanol–water partition coefficient (Wildman–Crippen LogP) is 3.76. The lowest BCUT2D eigenvalue weighted by Gasteiger charge is -2.26. The van der Waals surface area contributed by atoms with E-state index in [-0.39, 0.29) is 41.6 Å². The third kappa shape index (κ3) is 6.33. The number of aromatic nitrogens is 3. The summed E-state index contributed by atoms with van der Waals surface area (Å²) >= 11 is 0. The minimum atomic E-state index is -4.08. The highest BCUT2D eigenvalue weighted by molar-refractivity contribution is 7.91. The van der Waals surface area contributed by atoms with E-state index in [2.05, 4.69) is 20.6 Å². The number of fused-ring (bicyclic) bond motifs is 1. The van der Waals surface area contributed by atoms with Crippen molar-refractivity contribution in [2.75, 3.05) is 29.8 Å². The molecule has 2 aromatic heterocycles. The number of hydrogen-bond donors (Lipinski definition) is 3. The molecule has 0 radical (unpaired) electrons. The first-order valence-corrected chi connectivity index (χ1v) is 14.4. The van der Waals surface area contributed by atoms with Gasteiger partial charge in [0.15, 0.2) is 11.6 Å². The predicted molar refractivity (Wildman–Crippen MR) is 148 cm³/mol. The number of nitrogens with zero attached hydrogens (tertiary/aromatic N) is 3. The quantitative estimate of drug-likeness (QED) is 0.254. The maximum absolute atomic E-state index is 15.3. The number of pyridine rings is 1. The van der Waals surface area contributed by atoms with Crippen LogP contribution < -0.4 is 20.9 Å². The van der Waals surface area contributed by atoms with E-state index in [1.807, 2.05) is 4.72 Å². The van der Waals surface area contributed by atoms with Crippen LogP contribution in [-0.2, 0) is 22.3 Å². The summed E-state index contributed by atoms with van der Waals surface area (Å²) in [6, 6.07) is 11.2. The number of hydrogen-bond acceptors (Lipinski definition) is 7. The molecular weight excluding hydrogens is 564 g/mol. The standard InChI is InChI=1S/C27H26F4N6O3S/c28-8-9-37-25-17(12-33-27(35-25)34-19-11-18(29)13-32-14-19)10-21(26(37)38)20-6-7-22(24(31)23(20)30)36-41(39,40)15-16-4-2-1-3-5-16/h1-7,10,12,18-19,32,36H,8-9,11,13-15H2,(H,33,34,35)/t18-,19-/m0/s1. The topological polar surface area (TPSA) is 118 Å². The fourth-order valence-electron chi connectivity index (χ4n) is 4.73. The molecule has 2 atom stereocenters. The Hall–Kier alpha value is -4.04. The lowest BCUT2D eigenvalue weighted by molar-refractivity contribution is 0.254. The second-order valence-electron chi connectivity index (χ2n) is 9.64. The van der Waals surface area contributed by atoms with E-state index in [0.717, 1.165) is 16.7 Å². The van der Waals surface area contributed by atoms with Crippen molar-refractivity contribution in [3.63, 3.8) is 0 Å². The monoisotopic (exact) mass is 590 g/mol. The van der Waals surface area contributed by atoms with Crippen LogP contribution in [0, 0.1) is 11.6 Å². The van der Waals surface area contributed by atoms with Crippen molar-refractivity contribution < 1.29 is 26.0 Å². The van der Waals surface area contributed by atoms with E-state index >= 15 is 8.78 Å². The lowest BCUT2D eigenvalue weighted by Crippen LogP contribution is -2.44. The average molecular weight is 591 g/mol. The third-order valence-electron chi connectivity index (χ3n) is 6.60. The number of halogens is 4. The Labute approximate surface area is 232 Å². The van der Waals surface area contributed by atoms with Gasteiger partial charge in [-0.05, 0) is 23.8 Å². The molecule has 1 saturated heterocycles. The molecule has 0 bridgehead atoms. The molecule has 0 spiro atoms. The average Bonchev–Trinajstić information content (AvgIpc) is 2.93. The van der Waals surface area contributed by atoms with Gasteiger partial charge in [0, 0.05) is 42.7 Å². The van der Waals surface area contributed by atoms with Crippen LogP contribution in [0.4, 0.5) is 29.2 Å². The summed E-state index contributed by atoms with van der Waals surface area (Å²) in [6.45, 7) is -0.645. The van der Waals surface area contributed by atoms with Crippen LogP contribution >= 0.6 is 0 Å². The molecular formula is C27H26F4N6O3S. The summed E-state index contributed by atoms with van der Waals surface area (Å²) in [5.74, 6) is -3.32. The Morgan fingerprint density at radius 1 is 1.05 bits per heavy atom. The highest BCUT2D eigenvalue weighted by atomic mass is 32.2. The minimum Gasteiger partial charge on any atom is -0.350 e. The van der Waals surface area contributed by atoms with Gasteiger partial charge in [-0.15, -0.1) is 0 Å². The zero-order chi connectivity index (χ0) is 29.1. The second kappa shape index (κ2) is 11.8. The van der Waals surface area contributed by atoms with Crippen molar-refractivity contribution in [1.29, 1.82) is 0 Å². The fourth-order valence-corrected chi connectivity index (χ4v) is 5.93. The van der Waals surface area contributed by atoms with E-state index in [4.69, 9.17) is 0 Å². The van der Waals surface area contributed by atoms with E-state index in [9.17, 15) is 22.0 Å². The van der Waals surface area contributed by atoms with Gasteiger partial charge in [0.2, 0.25) is 16.0 Å². The molecule has 0 amide bonds. The van der Waals surface area contributed by atoms with E-state index in [1.165, 1.54) is 12.3 Å². The zero-order valence-corrected chi connectivity index (χ0v) is 22.4. The van der Waals surface area contributed by atoms with Crippen LogP contribution in [0.15, 0.2) is 59.5 Å². The molecule has 4 aromatic rings.